The number of halogens is 1. The second-order valence-corrected chi connectivity index (χ2v) is 4.68. The van der Waals surface area contributed by atoms with Crippen LogP contribution in [0.1, 0.15) is 0 Å². The first kappa shape index (κ1) is 9.15. The van der Waals surface area contributed by atoms with E-state index in [2.05, 4.69) is 4.98 Å². The number of thiophene rings is 1. The van der Waals surface area contributed by atoms with Gasteiger partial charge in [0.25, 0.3) is 0 Å². The Bertz CT molecular complexity index is 410. The fourth-order valence-electron chi connectivity index (χ4n) is 1.05. The third-order valence-electron chi connectivity index (χ3n) is 1.64. The minimum absolute atomic E-state index is 0.730. The lowest BCUT2D eigenvalue weighted by Crippen LogP contribution is -1.68. The SMILES string of the molecule is OSc1c[nH]c(-c2csc(Cl)c2)c1. The van der Waals surface area contributed by atoms with Gasteiger partial charge in [-0.25, -0.2) is 0 Å². The molecule has 2 aromatic heterocycles. The lowest BCUT2D eigenvalue weighted by atomic mass is 10.2. The molecule has 0 bridgehead atoms. The number of hydrogen-bond acceptors (Lipinski definition) is 3. The Labute approximate surface area is 88.8 Å². The summed E-state index contributed by atoms with van der Waals surface area (Å²) in [5, 5.41) is 1.97. The first-order valence-corrected chi connectivity index (χ1v) is 5.57. The fraction of sp³-hybridized carbons (Fsp3) is 0. The summed E-state index contributed by atoms with van der Waals surface area (Å²) in [6.07, 6.45) is 1.76. The van der Waals surface area contributed by atoms with E-state index in [0.717, 1.165) is 32.5 Å². The molecule has 0 amide bonds. The van der Waals surface area contributed by atoms with Crippen molar-refractivity contribution in [3.8, 4) is 11.3 Å². The van der Waals surface area contributed by atoms with E-state index in [9.17, 15) is 0 Å². The maximum Gasteiger partial charge on any atom is 0.0935 e. The Morgan fingerprint density at radius 3 is 2.85 bits per heavy atom. The molecule has 0 saturated heterocycles. The third-order valence-corrected chi connectivity index (χ3v) is 3.18. The summed E-state index contributed by atoms with van der Waals surface area (Å²) in [6, 6.07) is 3.77. The minimum atomic E-state index is 0.730. The molecule has 13 heavy (non-hydrogen) atoms. The van der Waals surface area contributed by atoms with E-state index in [1.54, 1.807) is 6.20 Å². The van der Waals surface area contributed by atoms with E-state index in [0.29, 0.717) is 0 Å². The van der Waals surface area contributed by atoms with E-state index in [4.69, 9.17) is 16.2 Å². The van der Waals surface area contributed by atoms with Crippen LogP contribution in [0.3, 0.4) is 0 Å². The van der Waals surface area contributed by atoms with Crippen LogP contribution in [-0.4, -0.2) is 9.54 Å². The molecular weight excluding hydrogens is 226 g/mol. The van der Waals surface area contributed by atoms with Crippen molar-refractivity contribution in [2.75, 3.05) is 0 Å². The number of H-pyrrole nitrogens is 1. The molecule has 0 atom stereocenters. The first-order chi connectivity index (χ1) is 6.29. The second kappa shape index (κ2) is 3.75. The quantitative estimate of drug-likeness (QED) is 0.768. The molecule has 0 aliphatic rings. The van der Waals surface area contributed by atoms with Gasteiger partial charge in [-0.3, -0.25) is 0 Å². The van der Waals surface area contributed by atoms with Gasteiger partial charge in [0.15, 0.2) is 0 Å². The zero-order chi connectivity index (χ0) is 9.26. The van der Waals surface area contributed by atoms with Crippen LogP contribution < -0.4 is 0 Å². The molecule has 5 heteroatoms. The van der Waals surface area contributed by atoms with Gasteiger partial charge in [0.05, 0.1) is 9.23 Å². The molecular formula is C8H6ClNOS2. The van der Waals surface area contributed by atoms with Gasteiger partial charge in [-0.05, 0) is 12.1 Å². The molecule has 0 fully saturated rings. The summed E-state index contributed by atoms with van der Waals surface area (Å²) in [5.74, 6) is 0. The third kappa shape index (κ3) is 1.91. The number of aromatic nitrogens is 1. The standard InChI is InChI=1S/C8H6ClNOS2/c9-8-1-5(4-12-8)7-2-6(13-11)3-10-7/h1-4,10-11H. The highest BCUT2D eigenvalue weighted by molar-refractivity contribution is 7.93. The molecule has 0 spiro atoms. The highest BCUT2D eigenvalue weighted by atomic mass is 35.5. The van der Waals surface area contributed by atoms with Crippen LogP contribution >= 0.6 is 35.0 Å². The molecule has 2 nitrogen and oxygen atoms in total. The van der Waals surface area contributed by atoms with Crippen molar-refractivity contribution in [2.45, 2.75) is 4.90 Å². The highest BCUT2D eigenvalue weighted by Crippen LogP contribution is 2.29. The van der Waals surface area contributed by atoms with Crippen molar-refractivity contribution in [2.24, 2.45) is 0 Å². The van der Waals surface area contributed by atoms with Gasteiger partial charge >= 0.3 is 0 Å². The molecule has 2 rings (SSSR count). The zero-order valence-corrected chi connectivity index (χ0v) is 8.84. The Morgan fingerprint density at radius 2 is 2.31 bits per heavy atom. The lowest BCUT2D eigenvalue weighted by molar-refractivity contribution is 0.664. The monoisotopic (exact) mass is 231 g/mol. The van der Waals surface area contributed by atoms with Gasteiger partial charge in [0.2, 0.25) is 0 Å². The first-order valence-electron chi connectivity index (χ1n) is 3.54. The molecule has 0 unspecified atom stereocenters. The summed E-state index contributed by atoms with van der Waals surface area (Å²) < 4.78 is 9.54. The number of aromatic amines is 1. The number of rotatable bonds is 2. The Balaban J connectivity index is 2.35. The van der Waals surface area contributed by atoms with Gasteiger partial charge < -0.3 is 9.54 Å². The largest absolute Gasteiger partial charge is 0.360 e. The van der Waals surface area contributed by atoms with Crippen LogP contribution in [0.25, 0.3) is 11.3 Å². The molecule has 0 aliphatic heterocycles. The summed E-state index contributed by atoms with van der Waals surface area (Å²) >= 11 is 8.02. The molecule has 2 aromatic rings. The predicted octanol–water partition coefficient (Wildman–Crippen LogP) is 3.96. The Kier molecular flexibility index (Phi) is 2.64. The Morgan fingerprint density at radius 1 is 1.46 bits per heavy atom. The maximum absolute atomic E-state index is 8.78. The van der Waals surface area contributed by atoms with Crippen LogP contribution in [0, 0.1) is 0 Å². The van der Waals surface area contributed by atoms with E-state index in [1.165, 1.54) is 11.3 Å². The summed E-state index contributed by atoms with van der Waals surface area (Å²) in [7, 11) is 0. The summed E-state index contributed by atoms with van der Waals surface area (Å²) in [5.41, 5.74) is 2.02. The molecule has 2 heterocycles. The van der Waals surface area contributed by atoms with Crippen LogP contribution in [0.2, 0.25) is 4.34 Å². The summed E-state index contributed by atoms with van der Waals surface area (Å²) in [4.78, 5) is 3.86. The van der Waals surface area contributed by atoms with Crippen molar-refractivity contribution < 1.29 is 4.55 Å². The molecule has 0 saturated carbocycles. The van der Waals surface area contributed by atoms with Crippen molar-refractivity contribution in [1.29, 1.82) is 0 Å². The average Bonchev–Trinajstić information content (AvgIpc) is 2.71. The number of nitrogens with one attached hydrogen (secondary N) is 1. The van der Waals surface area contributed by atoms with Gasteiger partial charge in [-0.15, -0.1) is 11.3 Å². The van der Waals surface area contributed by atoms with Gasteiger partial charge in [-0.1, -0.05) is 11.6 Å². The van der Waals surface area contributed by atoms with Crippen LogP contribution in [0.15, 0.2) is 28.6 Å². The van der Waals surface area contributed by atoms with Gasteiger partial charge in [-0.2, -0.15) is 0 Å². The molecule has 68 valence electrons. The zero-order valence-electron chi connectivity index (χ0n) is 6.45. The van der Waals surface area contributed by atoms with Gasteiger partial charge in [0.1, 0.15) is 0 Å². The van der Waals surface area contributed by atoms with Crippen molar-refractivity contribution in [1.82, 2.24) is 4.98 Å². The summed E-state index contributed by atoms with van der Waals surface area (Å²) in [6.45, 7) is 0. The second-order valence-electron chi connectivity index (χ2n) is 2.48. The molecule has 2 N–H and O–H groups in total. The van der Waals surface area contributed by atoms with Gasteiger partial charge in [0, 0.05) is 34.9 Å². The van der Waals surface area contributed by atoms with E-state index in [-0.39, 0.29) is 0 Å². The molecule has 0 radical (unpaired) electrons. The normalized spacial score (nSPS) is 10.6. The van der Waals surface area contributed by atoms with E-state index >= 15 is 0 Å². The van der Waals surface area contributed by atoms with Crippen molar-refractivity contribution in [3.63, 3.8) is 0 Å². The molecule has 0 aliphatic carbocycles. The topological polar surface area (TPSA) is 36.0 Å². The van der Waals surface area contributed by atoms with Crippen LogP contribution in [0.4, 0.5) is 0 Å². The average molecular weight is 232 g/mol. The lowest BCUT2D eigenvalue weighted by Gasteiger charge is -1.88. The molecule has 0 aromatic carbocycles. The smallest absolute Gasteiger partial charge is 0.0935 e. The van der Waals surface area contributed by atoms with Crippen LogP contribution in [-0.2, 0) is 0 Å². The van der Waals surface area contributed by atoms with Crippen LogP contribution in [0.5, 0.6) is 0 Å². The van der Waals surface area contributed by atoms with Crippen molar-refractivity contribution in [3.05, 3.63) is 28.0 Å². The Hall–Kier alpha value is -0.420. The highest BCUT2D eigenvalue weighted by Gasteiger charge is 2.03. The minimum Gasteiger partial charge on any atom is -0.360 e. The maximum atomic E-state index is 8.78. The van der Waals surface area contributed by atoms with Crippen molar-refractivity contribution >= 4 is 35.0 Å². The predicted molar refractivity (Wildman–Crippen MR) is 57.6 cm³/mol. The number of hydrogen-bond donors (Lipinski definition) is 2. The van der Waals surface area contributed by atoms with E-state index < -0.39 is 0 Å². The van der Waals surface area contributed by atoms with E-state index in [1.807, 2.05) is 17.5 Å². The fourth-order valence-corrected chi connectivity index (χ4v) is 2.21.